The van der Waals surface area contributed by atoms with Gasteiger partial charge >= 0.3 is 0 Å². The Morgan fingerprint density at radius 2 is 1.76 bits per heavy atom. The van der Waals surface area contributed by atoms with Gasteiger partial charge in [-0.1, -0.05) is 48.5 Å². The van der Waals surface area contributed by atoms with Crippen molar-refractivity contribution in [3.63, 3.8) is 0 Å². The summed E-state index contributed by atoms with van der Waals surface area (Å²) < 4.78 is 0. The highest BCUT2D eigenvalue weighted by atomic mass is 35.5. The maximum absolute atomic E-state index is 12.9. The normalized spacial score (nSPS) is 24.4. The molecule has 1 aromatic rings. The number of amides is 1. The van der Waals surface area contributed by atoms with Crippen molar-refractivity contribution in [1.82, 2.24) is 5.32 Å². The molecule has 3 nitrogen and oxygen atoms in total. The van der Waals surface area contributed by atoms with Crippen LogP contribution in [0.25, 0.3) is 0 Å². The smallest absolute Gasteiger partial charge is 0.236 e. The van der Waals surface area contributed by atoms with Crippen molar-refractivity contribution in [3.05, 3.63) is 33.3 Å². The minimum absolute atomic E-state index is 0.0316. The number of carbonyl (C=O) groups is 2. The van der Waals surface area contributed by atoms with Gasteiger partial charge in [-0.3, -0.25) is 9.59 Å². The summed E-state index contributed by atoms with van der Waals surface area (Å²) in [5, 5.41) is 3.87. The number of nitrogens with one attached hydrogen (secondary N) is 1. The highest BCUT2D eigenvalue weighted by Gasteiger charge is 2.53. The molecule has 112 valence electrons. The van der Waals surface area contributed by atoms with Crippen molar-refractivity contribution in [1.29, 1.82) is 0 Å². The molecule has 2 aliphatic rings. The minimum Gasteiger partial charge on any atom is -0.343 e. The second kappa shape index (κ2) is 5.29. The number of carbonyl (C=O) groups excluding carboxylic acids is 2. The number of rotatable bonds is 1. The van der Waals surface area contributed by atoms with Crippen molar-refractivity contribution in [3.8, 4) is 0 Å². The molecule has 1 aromatic carbocycles. The Morgan fingerprint density at radius 3 is 2.43 bits per heavy atom. The molecular formula is C16H17Cl2NO2. The summed E-state index contributed by atoms with van der Waals surface area (Å²) in [7, 11) is 0. The van der Waals surface area contributed by atoms with Gasteiger partial charge < -0.3 is 5.32 Å². The van der Waals surface area contributed by atoms with Crippen molar-refractivity contribution >= 4 is 34.9 Å². The zero-order valence-electron chi connectivity index (χ0n) is 11.8. The Balaban J connectivity index is 2.01. The lowest BCUT2D eigenvalue weighted by Gasteiger charge is -2.31. The lowest BCUT2D eigenvalue weighted by molar-refractivity contribution is -0.125. The highest BCUT2D eigenvalue weighted by molar-refractivity contribution is 6.36. The average Bonchev–Trinajstić information content (AvgIpc) is 2.67. The van der Waals surface area contributed by atoms with Gasteiger partial charge in [0.05, 0.1) is 5.54 Å². The van der Waals surface area contributed by atoms with Crippen LogP contribution < -0.4 is 5.32 Å². The van der Waals surface area contributed by atoms with Gasteiger partial charge in [0.15, 0.2) is 5.78 Å². The molecule has 1 atom stereocenters. The summed E-state index contributed by atoms with van der Waals surface area (Å²) >= 11 is 12.3. The fraction of sp³-hybridized carbons (Fsp3) is 0.500. The van der Waals surface area contributed by atoms with Crippen molar-refractivity contribution < 1.29 is 9.59 Å². The summed E-state index contributed by atoms with van der Waals surface area (Å²) in [6.45, 7) is 1.84. The second-order valence-electron chi connectivity index (χ2n) is 6.05. The molecule has 1 N–H and O–H groups in total. The van der Waals surface area contributed by atoms with Gasteiger partial charge in [0.2, 0.25) is 5.91 Å². The highest BCUT2D eigenvalue weighted by Crippen LogP contribution is 2.41. The maximum atomic E-state index is 12.9. The fourth-order valence-electron chi connectivity index (χ4n) is 3.47. The van der Waals surface area contributed by atoms with Gasteiger partial charge in [-0.2, -0.15) is 0 Å². The Bertz CT molecular complexity index is 621. The number of benzene rings is 1. The Kier molecular flexibility index (Phi) is 3.74. The van der Waals surface area contributed by atoms with Gasteiger partial charge in [-0.25, -0.2) is 0 Å². The topological polar surface area (TPSA) is 46.2 Å². The van der Waals surface area contributed by atoms with E-state index in [1.807, 2.05) is 6.92 Å². The molecule has 5 heteroatoms. The van der Waals surface area contributed by atoms with Gasteiger partial charge in [-0.05, 0) is 37.0 Å². The molecule has 1 aliphatic heterocycles. The number of aryl methyl sites for hydroxylation is 1. The van der Waals surface area contributed by atoms with E-state index < -0.39 is 11.5 Å². The van der Waals surface area contributed by atoms with Crippen LogP contribution in [0, 0.1) is 6.92 Å². The van der Waals surface area contributed by atoms with E-state index in [2.05, 4.69) is 5.32 Å². The molecule has 1 aliphatic carbocycles. The number of Topliss-reactive ketones (excluding diaryl/α,β-unsaturated/α-hetero) is 1. The van der Waals surface area contributed by atoms with E-state index in [-0.39, 0.29) is 11.7 Å². The number of ketones is 1. The summed E-state index contributed by atoms with van der Waals surface area (Å²) in [6, 6.07) is 3.37. The molecule has 1 heterocycles. The van der Waals surface area contributed by atoms with E-state index in [1.165, 1.54) is 0 Å². The Morgan fingerprint density at radius 1 is 1.10 bits per heavy atom. The standard InChI is InChI=1S/C16H17Cl2NO2/c1-9-7-10(12(18)8-11(9)17)13-14(20)16(19-15(13)21)5-3-2-4-6-16/h7-8,13H,2-6H2,1H3,(H,19,21). The molecule has 1 amide bonds. The molecular weight excluding hydrogens is 309 g/mol. The molecule has 2 fully saturated rings. The number of hydrogen-bond donors (Lipinski definition) is 1. The molecule has 0 aromatic heterocycles. The van der Waals surface area contributed by atoms with E-state index in [1.54, 1.807) is 12.1 Å². The SMILES string of the molecule is Cc1cc(C2C(=O)NC3(CCCCC3)C2=O)c(Cl)cc1Cl. The van der Waals surface area contributed by atoms with Crippen LogP contribution in [0.2, 0.25) is 10.0 Å². The number of halogens is 2. The molecule has 3 rings (SSSR count). The third-order valence-corrected chi connectivity index (χ3v) is 5.39. The van der Waals surface area contributed by atoms with Gasteiger partial charge in [0, 0.05) is 10.0 Å². The zero-order chi connectivity index (χ0) is 15.2. The second-order valence-corrected chi connectivity index (χ2v) is 6.87. The average molecular weight is 326 g/mol. The van der Waals surface area contributed by atoms with Gasteiger partial charge in [0.1, 0.15) is 5.92 Å². The summed E-state index contributed by atoms with van der Waals surface area (Å²) in [5.41, 5.74) is 0.724. The van der Waals surface area contributed by atoms with Crippen LogP contribution in [0.5, 0.6) is 0 Å². The zero-order valence-corrected chi connectivity index (χ0v) is 13.4. The largest absolute Gasteiger partial charge is 0.343 e. The van der Waals surface area contributed by atoms with Crippen LogP contribution in [0.15, 0.2) is 12.1 Å². The first-order valence-electron chi connectivity index (χ1n) is 7.26. The molecule has 0 radical (unpaired) electrons. The first-order valence-corrected chi connectivity index (χ1v) is 8.02. The molecule has 21 heavy (non-hydrogen) atoms. The third-order valence-electron chi connectivity index (χ3n) is 4.65. The van der Waals surface area contributed by atoms with Gasteiger partial charge in [-0.15, -0.1) is 0 Å². The molecule has 0 bridgehead atoms. The summed E-state index contributed by atoms with van der Waals surface area (Å²) in [6.07, 6.45) is 4.55. The molecule has 1 saturated heterocycles. The third kappa shape index (κ3) is 2.36. The number of hydrogen-bond acceptors (Lipinski definition) is 2. The van der Waals surface area contributed by atoms with E-state index in [9.17, 15) is 9.59 Å². The van der Waals surface area contributed by atoms with Crippen molar-refractivity contribution in [2.45, 2.75) is 50.5 Å². The van der Waals surface area contributed by atoms with E-state index in [4.69, 9.17) is 23.2 Å². The van der Waals surface area contributed by atoms with Crippen LogP contribution in [-0.2, 0) is 9.59 Å². The fourth-order valence-corrected chi connectivity index (χ4v) is 3.97. The van der Waals surface area contributed by atoms with Crippen LogP contribution >= 0.6 is 23.2 Å². The minimum atomic E-state index is -0.799. The monoisotopic (exact) mass is 325 g/mol. The van der Waals surface area contributed by atoms with Crippen molar-refractivity contribution in [2.24, 2.45) is 0 Å². The quantitative estimate of drug-likeness (QED) is 0.798. The van der Waals surface area contributed by atoms with Crippen LogP contribution in [0.1, 0.15) is 49.1 Å². The Labute approximate surface area is 134 Å². The first-order chi connectivity index (χ1) is 9.94. The lowest BCUT2D eigenvalue weighted by Crippen LogP contribution is -2.47. The summed E-state index contributed by atoms with van der Waals surface area (Å²) in [4.78, 5) is 25.3. The molecule has 1 saturated carbocycles. The van der Waals surface area contributed by atoms with Crippen molar-refractivity contribution in [2.75, 3.05) is 0 Å². The molecule has 1 spiro atoms. The lowest BCUT2D eigenvalue weighted by atomic mass is 9.77. The predicted molar refractivity (Wildman–Crippen MR) is 82.9 cm³/mol. The molecule has 1 unspecified atom stereocenters. The van der Waals surface area contributed by atoms with Crippen LogP contribution in [0.4, 0.5) is 0 Å². The first kappa shape index (κ1) is 14.9. The Hall–Kier alpha value is -1.06. The van der Waals surface area contributed by atoms with Gasteiger partial charge in [0.25, 0.3) is 0 Å². The summed E-state index contributed by atoms with van der Waals surface area (Å²) in [5.74, 6) is -1.06. The van der Waals surface area contributed by atoms with E-state index in [0.717, 1.165) is 37.7 Å². The van der Waals surface area contributed by atoms with Crippen LogP contribution in [-0.4, -0.2) is 17.2 Å². The van der Waals surface area contributed by atoms with Crippen LogP contribution in [0.3, 0.4) is 0 Å². The predicted octanol–water partition coefficient (Wildman–Crippen LogP) is 3.79. The van der Waals surface area contributed by atoms with E-state index >= 15 is 0 Å². The maximum Gasteiger partial charge on any atom is 0.236 e. The van der Waals surface area contributed by atoms with E-state index in [0.29, 0.717) is 15.6 Å².